The van der Waals surface area contributed by atoms with E-state index in [0.717, 1.165) is 5.56 Å². The summed E-state index contributed by atoms with van der Waals surface area (Å²) in [6.07, 6.45) is 1.59. The van der Waals surface area contributed by atoms with E-state index in [-0.39, 0.29) is 17.2 Å². The first kappa shape index (κ1) is 15.7. The topological polar surface area (TPSA) is 96.9 Å². The number of nitrogens with zero attached hydrogens (tertiary/aromatic N) is 3. The maximum absolute atomic E-state index is 12.1. The molecule has 0 saturated heterocycles. The van der Waals surface area contributed by atoms with Crippen LogP contribution >= 0.6 is 11.8 Å². The molecule has 6 nitrogen and oxygen atoms in total. The van der Waals surface area contributed by atoms with Gasteiger partial charge in [0.25, 0.3) is 5.69 Å². The van der Waals surface area contributed by atoms with Crippen LogP contribution in [0.15, 0.2) is 41.6 Å². The number of nitriles is 1. The van der Waals surface area contributed by atoms with E-state index in [0.29, 0.717) is 16.2 Å². The second-order valence-electron chi connectivity index (χ2n) is 4.44. The number of pyridine rings is 1. The summed E-state index contributed by atoms with van der Waals surface area (Å²) < 4.78 is 0. The summed E-state index contributed by atoms with van der Waals surface area (Å²) in [5.74, 6) is -0.0600. The van der Waals surface area contributed by atoms with Gasteiger partial charge in [-0.05, 0) is 30.7 Å². The maximum Gasteiger partial charge on any atom is 0.269 e. The molecule has 1 aromatic carbocycles. The Hall–Kier alpha value is -2.72. The SMILES string of the molecule is Cc1ccnc(SCC(=O)c2ccc([N+](=O)[O-])cc2)c1C#N. The lowest BCUT2D eigenvalue weighted by Gasteiger charge is -2.04. The van der Waals surface area contributed by atoms with E-state index in [2.05, 4.69) is 11.1 Å². The zero-order valence-corrected chi connectivity index (χ0v) is 12.5. The average molecular weight is 313 g/mol. The summed E-state index contributed by atoms with van der Waals surface area (Å²) in [5, 5.41) is 20.2. The van der Waals surface area contributed by atoms with Crippen LogP contribution < -0.4 is 0 Å². The molecule has 110 valence electrons. The lowest BCUT2D eigenvalue weighted by molar-refractivity contribution is -0.384. The third-order valence-corrected chi connectivity index (χ3v) is 3.97. The van der Waals surface area contributed by atoms with Crippen molar-refractivity contribution >= 4 is 23.2 Å². The molecular weight excluding hydrogens is 302 g/mol. The van der Waals surface area contributed by atoms with Gasteiger partial charge < -0.3 is 0 Å². The average Bonchev–Trinajstić information content (AvgIpc) is 2.52. The third-order valence-electron chi connectivity index (χ3n) is 2.98. The highest BCUT2D eigenvalue weighted by atomic mass is 32.2. The van der Waals surface area contributed by atoms with Crippen LogP contribution in [0.25, 0.3) is 0 Å². The van der Waals surface area contributed by atoms with Crippen molar-refractivity contribution in [1.29, 1.82) is 5.26 Å². The molecule has 0 fully saturated rings. The quantitative estimate of drug-likeness (QED) is 0.364. The molecule has 0 atom stereocenters. The highest BCUT2D eigenvalue weighted by molar-refractivity contribution is 8.00. The molecule has 2 rings (SSSR count). The lowest BCUT2D eigenvalue weighted by Crippen LogP contribution is -2.03. The summed E-state index contributed by atoms with van der Waals surface area (Å²) in [7, 11) is 0. The van der Waals surface area contributed by atoms with Crippen molar-refractivity contribution in [3.05, 3.63) is 63.3 Å². The molecule has 0 aliphatic carbocycles. The zero-order valence-electron chi connectivity index (χ0n) is 11.6. The Labute approximate surface area is 130 Å². The number of hydrogen-bond donors (Lipinski definition) is 0. The molecule has 0 N–H and O–H groups in total. The molecule has 1 aromatic heterocycles. The number of aryl methyl sites for hydroxylation is 1. The molecule has 0 radical (unpaired) electrons. The molecule has 0 unspecified atom stereocenters. The van der Waals surface area contributed by atoms with Crippen molar-refractivity contribution in [1.82, 2.24) is 4.98 Å². The number of nitro benzene ring substituents is 1. The molecular formula is C15H11N3O3S. The second-order valence-corrected chi connectivity index (χ2v) is 5.40. The van der Waals surface area contributed by atoms with E-state index in [4.69, 9.17) is 5.26 Å². The predicted octanol–water partition coefficient (Wildman–Crippen LogP) is 3.14. The summed E-state index contributed by atoms with van der Waals surface area (Å²) in [6, 6.07) is 9.26. The minimum atomic E-state index is -0.515. The number of carbonyl (C=O) groups excluding carboxylic acids is 1. The van der Waals surface area contributed by atoms with Crippen molar-refractivity contribution in [2.45, 2.75) is 11.9 Å². The number of carbonyl (C=O) groups is 1. The smallest absolute Gasteiger partial charge is 0.269 e. The number of aromatic nitrogens is 1. The van der Waals surface area contributed by atoms with Crippen molar-refractivity contribution in [2.24, 2.45) is 0 Å². The van der Waals surface area contributed by atoms with Crippen LogP contribution in [-0.4, -0.2) is 21.4 Å². The highest BCUT2D eigenvalue weighted by Crippen LogP contribution is 2.23. The standard InChI is InChI=1S/C15H11N3O3S/c1-10-6-7-17-15(13(10)8-16)22-9-14(19)11-2-4-12(5-3-11)18(20)21/h2-7H,9H2,1H3. The molecule has 2 aromatic rings. The Kier molecular flexibility index (Phi) is 4.86. The lowest BCUT2D eigenvalue weighted by atomic mass is 10.1. The summed E-state index contributed by atoms with van der Waals surface area (Å²) in [5.41, 5.74) is 1.60. The van der Waals surface area contributed by atoms with Gasteiger partial charge >= 0.3 is 0 Å². The van der Waals surface area contributed by atoms with Crippen molar-refractivity contribution < 1.29 is 9.72 Å². The molecule has 0 aliphatic rings. The third kappa shape index (κ3) is 3.48. The first-order valence-corrected chi connectivity index (χ1v) is 7.27. The Morgan fingerprint density at radius 1 is 1.36 bits per heavy atom. The van der Waals surface area contributed by atoms with Crippen LogP contribution in [-0.2, 0) is 0 Å². The van der Waals surface area contributed by atoms with Crippen LogP contribution in [0.4, 0.5) is 5.69 Å². The fraction of sp³-hybridized carbons (Fsp3) is 0.133. The fourth-order valence-corrected chi connectivity index (χ4v) is 2.69. The number of thioether (sulfide) groups is 1. The van der Waals surface area contributed by atoms with E-state index < -0.39 is 4.92 Å². The minimum absolute atomic E-state index is 0.0590. The van der Waals surface area contributed by atoms with E-state index in [1.807, 2.05) is 6.92 Å². The van der Waals surface area contributed by atoms with E-state index in [9.17, 15) is 14.9 Å². The van der Waals surface area contributed by atoms with Gasteiger partial charge in [-0.2, -0.15) is 5.26 Å². The van der Waals surface area contributed by atoms with E-state index >= 15 is 0 Å². The van der Waals surface area contributed by atoms with Gasteiger partial charge in [0.2, 0.25) is 0 Å². The first-order chi connectivity index (χ1) is 10.5. The molecule has 22 heavy (non-hydrogen) atoms. The van der Waals surface area contributed by atoms with Gasteiger partial charge in [-0.25, -0.2) is 4.98 Å². The number of ketones is 1. The van der Waals surface area contributed by atoms with Gasteiger partial charge in [0.1, 0.15) is 11.1 Å². The molecule has 0 amide bonds. The van der Waals surface area contributed by atoms with E-state index in [1.54, 1.807) is 12.3 Å². The van der Waals surface area contributed by atoms with Crippen LogP contribution in [0.5, 0.6) is 0 Å². The number of Topliss-reactive ketones (excluding diaryl/α,β-unsaturated/α-hetero) is 1. The summed E-state index contributed by atoms with van der Waals surface area (Å²) >= 11 is 1.18. The van der Waals surface area contributed by atoms with Crippen molar-refractivity contribution in [3.8, 4) is 6.07 Å². The van der Waals surface area contributed by atoms with Gasteiger partial charge in [-0.15, -0.1) is 0 Å². The Morgan fingerprint density at radius 3 is 2.64 bits per heavy atom. The van der Waals surface area contributed by atoms with E-state index in [1.165, 1.54) is 36.0 Å². The molecule has 7 heteroatoms. The monoisotopic (exact) mass is 313 g/mol. The Morgan fingerprint density at radius 2 is 2.05 bits per heavy atom. The van der Waals surface area contributed by atoms with Crippen LogP contribution in [0.3, 0.4) is 0 Å². The van der Waals surface area contributed by atoms with Crippen molar-refractivity contribution in [3.63, 3.8) is 0 Å². The van der Waals surface area contributed by atoms with Gasteiger partial charge in [0, 0.05) is 23.9 Å². The molecule has 0 aliphatic heterocycles. The van der Waals surface area contributed by atoms with Crippen LogP contribution in [0.2, 0.25) is 0 Å². The van der Waals surface area contributed by atoms with Gasteiger partial charge in [-0.3, -0.25) is 14.9 Å². The number of non-ortho nitro benzene ring substituents is 1. The predicted molar refractivity (Wildman–Crippen MR) is 81.8 cm³/mol. The zero-order chi connectivity index (χ0) is 16.1. The Balaban J connectivity index is 2.09. The summed E-state index contributed by atoms with van der Waals surface area (Å²) in [4.78, 5) is 26.3. The van der Waals surface area contributed by atoms with Crippen LogP contribution in [0, 0.1) is 28.4 Å². The largest absolute Gasteiger partial charge is 0.293 e. The molecule has 0 bridgehead atoms. The van der Waals surface area contributed by atoms with Crippen molar-refractivity contribution in [2.75, 3.05) is 5.75 Å². The molecule has 0 spiro atoms. The first-order valence-electron chi connectivity index (χ1n) is 6.29. The highest BCUT2D eigenvalue weighted by Gasteiger charge is 2.13. The number of nitro groups is 1. The second kappa shape index (κ2) is 6.83. The Bertz CT molecular complexity index is 767. The van der Waals surface area contributed by atoms with Gasteiger partial charge in [0.05, 0.1) is 16.2 Å². The minimum Gasteiger partial charge on any atom is -0.293 e. The van der Waals surface area contributed by atoms with Gasteiger partial charge in [0.15, 0.2) is 5.78 Å². The number of hydrogen-bond acceptors (Lipinski definition) is 6. The number of rotatable bonds is 5. The number of benzene rings is 1. The normalized spacial score (nSPS) is 10.0. The molecule has 0 saturated carbocycles. The fourth-order valence-electron chi connectivity index (χ4n) is 1.77. The molecule has 1 heterocycles. The summed E-state index contributed by atoms with van der Waals surface area (Å²) in [6.45, 7) is 1.81. The van der Waals surface area contributed by atoms with Crippen LogP contribution in [0.1, 0.15) is 21.5 Å². The van der Waals surface area contributed by atoms with Gasteiger partial charge in [-0.1, -0.05) is 11.8 Å². The maximum atomic E-state index is 12.1.